The van der Waals surface area contributed by atoms with Gasteiger partial charge < -0.3 is 5.11 Å². The summed E-state index contributed by atoms with van der Waals surface area (Å²) >= 11 is 0. The van der Waals surface area contributed by atoms with Crippen LogP contribution in [0.25, 0.3) is 0 Å². The van der Waals surface area contributed by atoms with Crippen molar-refractivity contribution in [2.75, 3.05) is 0 Å². The summed E-state index contributed by atoms with van der Waals surface area (Å²) in [4.78, 5) is 11.4. The third-order valence-corrected chi connectivity index (χ3v) is 1.58. The molecule has 0 bridgehead atoms. The van der Waals surface area contributed by atoms with Crippen LogP contribution in [0.3, 0.4) is 0 Å². The monoisotopic (exact) mass is 176 g/mol. The Labute approximate surface area is 77.5 Å². The van der Waals surface area contributed by atoms with E-state index >= 15 is 0 Å². The highest BCUT2D eigenvalue weighted by Crippen LogP contribution is 2.00. The molecule has 2 heteroatoms. The Hall–Kier alpha value is -1.41. The number of benzene rings is 1. The second-order valence-corrected chi connectivity index (χ2v) is 2.83. The normalized spacial score (nSPS) is 13.1. The predicted molar refractivity (Wildman–Crippen MR) is 51.6 cm³/mol. The number of carbonyl (C=O) groups is 1. The van der Waals surface area contributed by atoms with Crippen molar-refractivity contribution in [1.82, 2.24) is 0 Å². The highest BCUT2D eigenvalue weighted by molar-refractivity contribution is 6.04. The summed E-state index contributed by atoms with van der Waals surface area (Å²) in [7, 11) is 0. The van der Waals surface area contributed by atoms with E-state index in [4.69, 9.17) is 5.11 Å². The van der Waals surface area contributed by atoms with E-state index in [1.54, 1.807) is 19.1 Å². The molecule has 1 aromatic rings. The molecule has 68 valence electrons. The van der Waals surface area contributed by atoms with Crippen LogP contribution >= 0.6 is 0 Å². The Morgan fingerprint density at radius 2 is 2.00 bits per heavy atom. The first-order valence-corrected chi connectivity index (χ1v) is 4.16. The number of aliphatic hydroxyl groups excluding tert-OH is 1. The lowest BCUT2D eigenvalue weighted by molar-refractivity contribution is 0.104. The summed E-state index contributed by atoms with van der Waals surface area (Å²) < 4.78 is 0. The van der Waals surface area contributed by atoms with Gasteiger partial charge in [-0.15, -0.1) is 0 Å². The van der Waals surface area contributed by atoms with Crippen LogP contribution in [0, 0.1) is 0 Å². The zero-order chi connectivity index (χ0) is 9.68. The van der Waals surface area contributed by atoms with Crippen LogP contribution in [0.15, 0.2) is 42.5 Å². The second-order valence-electron chi connectivity index (χ2n) is 2.83. The molecular formula is C11H12O2. The molecule has 1 aromatic carbocycles. The van der Waals surface area contributed by atoms with Crippen LogP contribution in [0.1, 0.15) is 17.3 Å². The van der Waals surface area contributed by atoms with Gasteiger partial charge in [0.05, 0.1) is 6.10 Å². The molecule has 2 nitrogen and oxygen atoms in total. The van der Waals surface area contributed by atoms with Crippen molar-refractivity contribution in [1.29, 1.82) is 0 Å². The molecule has 0 radical (unpaired) electrons. The SMILES string of the molecule is CC(O)C=CC(=O)c1ccccc1. The molecule has 1 N–H and O–H groups in total. The van der Waals surface area contributed by atoms with Gasteiger partial charge in [-0.3, -0.25) is 4.79 Å². The van der Waals surface area contributed by atoms with Crippen molar-refractivity contribution in [3.63, 3.8) is 0 Å². The predicted octanol–water partition coefficient (Wildman–Crippen LogP) is 1.81. The summed E-state index contributed by atoms with van der Waals surface area (Å²) in [6.07, 6.45) is 2.28. The first-order chi connectivity index (χ1) is 6.20. The molecule has 1 rings (SSSR count). The molecule has 0 amide bonds. The Balaban J connectivity index is 2.70. The Bertz CT molecular complexity index is 299. The summed E-state index contributed by atoms with van der Waals surface area (Å²) in [5.41, 5.74) is 0.638. The highest BCUT2D eigenvalue weighted by Gasteiger charge is 1.99. The minimum absolute atomic E-state index is 0.0819. The average molecular weight is 176 g/mol. The third-order valence-electron chi connectivity index (χ3n) is 1.58. The Morgan fingerprint density at radius 1 is 1.38 bits per heavy atom. The first-order valence-electron chi connectivity index (χ1n) is 4.16. The maximum atomic E-state index is 11.4. The largest absolute Gasteiger partial charge is 0.389 e. The number of allylic oxidation sites excluding steroid dienone is 1. The quantitative estimate of drug-likeness (QED) is 0.563. The summed E-state index contributed by atoms with van der Waals surface area (Å²) in [5.74, 6) is -0.0819. The fraction of sp³-hybridized carbons (Fsp3) is 0.182. The minimum Gasteiger partial charge on any atom is -0.389 e. The van der Waals surface area contributed by atoms with E-state index in [0.29, 0.717) is 5.56 Å². The van der Waals surface area contributed by atoms with Gasteiger partial charge in [0, 0.05) is 5.56 Å². The van der Waals surface area contributed by atoms with Crippen molar-refractivity contribution in [3.8, 4) is 0 Å². The third kappa shape index (κ3) is 3.22. The van der Waals surface area contributed by atoms with Crippen LogP contribution < -0.4 is 0 Å². The zero-order valence-corrected chi connectivity index (χ0v) is 7.47. The van der Waals surface area contributed by atoms with Crippen LogP contribution in [0.5, 0.6) is 0 Å². The molecule has 0 aromatic heterocycles. The lowest BCUT2D eigenvalue weighted by atomic mass is 10.1. The molecule has 13 heavy (non-hydrogen) atoms. The van der Waals surface area contributed by atoms with Crippen molar-refractivity contribution in [3.05, 3.63) is 48.0 Å². The number of hydrogen-bond donors (Lipinski definition) is 1. The van der Waals surface area contributed by atoms with Gasteiger partial charge in [-0.05, 0) is 13.0 Å². The van der Waals surface area contributed by atoms with Gasteiger partial charge in [0.2, 0.25) is 0 Å². The Morgan fingerprint density at radius 3 is 2.54 bits per heavy atom. The van der Waals surface area contributed by atoms with Crippen LogP contribution in [-0.2, 0) is 0 Å². The minimum atomic E-state index is -0.576. The van der Waals surface area contributed by atoms with E-state index in [1.807, 2.05) is 18.2 Å². The summed E-state index contributed by atoms with van der Waals surface area (Å²) in [5, 5.41) is 8.91. The summed E-state index contributed by atoms with van der Waals surface area (Å²) in [6, 6.07) is 8.96. The molecule has 0 aliphatic rings. The van der Waals surface area contributed by atoms with Crippen LogP contribution in [-0.4, -0.2) is 17.0 Å². The standard InChI is InChI=1S/C11H12O2/c1-9(12)7-8-11(13)10-5-3-2-4-6-10/h2-9,12H,1H3. The molecule has 1 atom stereocenters. The number of hydrogen-bond acceptors (Lipinski definition) is 2. The second kappa shape index (κ2) is 4.58. The fourth-order valence-corrected chi connectivity index (χ4v) is 0.925. The smallest absolute Gasteiger partial charge is 0.185 e. The fourth-order valence-electron chi connectivity index (χ4n) is 0.925. The maximum absolute atomic E-state index is 11.4. The van der Waals surface area contributed by atoms with Crippen LogP contribution in [0.4, 0.5) is 0 Å². The van der Waals surface area contributed by atoms with Crippen molar-refractivity contribution in [2.24, 2.45) is 0 Å². The highest BCUT2D eigenvalue weighted by atomic mass is 16.3. The van der Waals surface area contributed by atoms with Gasteiger partial charge in [0.25, 0.3) is 0 Å². The molecule has 0 aliphatic heterocycles. The molecule has 0 saturated carbocycles. The average Bonchev–Trinajstić information content (AvgIpc) is 2.15. The first kappa shape index (κ1) is 9.68. The van der Waals surface area contributed by atoms with Crippen molar-refractivity contribution < 1.29 is 9.90 Å². The maximum Gasteiger partial charge on any atom is 0.185 e. The number of ketones is 1. The van der Waals surface area contributed by atoms with E-state index < -0.39 is 6.10 Å². The molecule has 1 unspecified atom stereocenters. The lowest BCUT2D eigenvalue weighted by Gasteiger charge is -1.95. The molecule has 0 fully saturated rings. The van der Waals surface area contributed by atoms with Gasteiger partial charge in [0.15, 0.2) is 5.78 Å². The van der Waals surface area contributed by atoms with Gasteiger partial charge in [0.1, 0.15) is 0 Å². The topological polar surface area (TPSA) is 37.3 Å². The zero-order valence-electron chi connectivity index (χ0n) is 7.47. The van der Waals surface area contributed by atoms with Crippen LogP contribution in [0.2, 0.25) is 0 Å². The number of carbonyl (C=O) groups excluding carboxylic acids is 1. The summed E-state index contributed by atoms with van der Waals surface area (Å²) in [6.45, 7) is 1.61. The van der Waals surface area contributed by atoms with Gasteiger partial charge in [-0.1, -0.05) is 36.4 Å². The van der Waals surface area contributed by atoms with Gasteiger partial charge in [-0.25, -0.2) is 0 Å². The van der Waals surface area contributed by atoms with E-state index in [2.05, 4.69) is 0 Å². The number of aliphatic hydroxyl groups is 1. The van der Waals surface area contributed by atoms with Gasteiger partial charge >= 0.3 is 0 Å². The van der Waals surface area contributed by atoms with Gasteiger partial charge in [-0.2, -0.15) is 0 Å². The van der Waals surface area contributed by atoms with Crippen molar-refractivity contribution in [2.45, 2.75) is 13.0 Å². The lowest BCUT2D eigenvalue weighted by Crippen LogP contribution is -1.97. The number of rotatable bonds is 3. The van der Waals surface area contributed by atoms with Crippen molar-refractivity contribution >= 4 is 5.78 Å². The van der Waals surface area contributed by atoms with E-state index in [-0.39, 0.29) is 5.78 Å². The molecule has 0 aliphatic carbocycles. The molecule has 0 spiro atoms. The Kier molecular flexibility index (Phi) is 3.41. The van der Waals surface area contributed by atoms with E-state index in [1.165, 1.54) is 12.2 Å². The van der Waals surface area contributed by atoms with E-state index in [0.717, 1.165) is 0 Å². The molecule has 0 saturated heterocycles. The van der Waals surface area contributed by atoms with E-state index in [9.17, 15) is 4.79 Å². The molecular weight excluding hydrogens is 164 g/mol. The molecule has 0 heterocycles.